The van der Waals surface area contributed by atoms with Gasteiger partial charge in [0.2, 0.25) is 0 Å². The summed E-state index contributed by atoms with van der Waals surface area (Å²) < 4.78 is 24.4. The maximum atomic E-state index is 12.2. The lowest BCUT2D eigenvalue weighted by atomic mass is 10.1. The SMILES string of the molecule is C[C@@H](C(=O)O)N1CC(F)(F)C1. The molecule has 5 heteroatoms. The first-order valence-electron chi connectivity index (χ1n) is 3.27. The van der Waals surface area contributed by atoms with E-state index in [4.69, 9.17) is 5.11 Å². The van der Waals surface area contributed by atoms with Crippen molar-refractivity contribution in [3.05, 3.63) is 0 Å². The molecule has 0 amide bonds. The molecule has 3 nitrogen and oxygen atoms in total. The molecule has 1 atom stereocenters. The van der Waals surface area contributed by atoms with Crippen LogP contribution in [0.3, 0.4) is 0 Å². The number of rotatable bonds is 2. The van der Waals surface area contributed by atoms with Crippen LogP contribution in [0.5, 0.6) is 0 Å². The van der Waals surface area contributed by atoms with Crippen molar-refractivity contribution in [2.75, 3.05) is 13.1 Å². The first-order chi connectivity index (χ1) is 4.92. The van der Waals surface area contributed by atoms with Gasteiger partial charge in [0.05, 0.1) is 13.1 Å². The Labute approximate surface area is 62.6 Å². The fraction of sp³-hybridized carbons (Fsp3) is 0.833. The first kappa shape index (κ1) is 8.39. The third-order valence-electron chi connectivity index (χ3n) is 1.77. The highest BCUT2D eigenvalue weighted by molar-refractivity contribution is 5.73. The Morgan fingerprint density at radius 1 is 1.64 bits per heavy atom. The topological polar surface area (TPSA) is 40.5 Å². The van der Waals surface area contributed by atoms with Gasteiger partial charge in [0.25, 0.3) is 5.92 Å². The van der Waals surface area contributed by atoms with E-state index in [0.717, 1.165) is 0 Å². The van der Waals surface area contributed by atoms with Crippen LogP contribution < -0.4 is 0 Å². The van der Waals surface area contributed by atoms with E-state index >= 15 is 0 Å². The molecule has 1 fully saturated rings. The van der Waals surface area contributed by atoms with E-state index in [1.807, 2.05) is 0 Å². The van der Waals surface area contributed by atoms with Crippen LogP contribution in [0.4, 0.5) is 8.78 Å². The molecular formula is C6H9F2NO2. The van der Waals surface area contributed by atoms with Crippen molar-refractivity contribution < 1.29 is 18.7 Å². The van der Waals surface area contributed by atoms with E-state index in [-0.39, 0.29) is 0 Å². The zero-order valence-electron chi connectivity index (χ0n) is 6.05. The monoisotopic (exact) mass is 165 g/mol. The van der Waals surface area contributed by atoms with Crippen LogP contribution in [0.2, 0.25) is 0 Å². The van der Waals surface area contributed by atoms with E-state index in [2.05, 4.69) is 0 Å². The normalized spacial score (nSPS) is 25.7. The van der Waals surface area contributed by atoms with Gasteiger partial charge in [-0.1, -0.05) is 0 Å². The molecular weight excluding hydrogens is 156 g/mol. The number of hydrogen-bond acceptors (Lipinski definition) is 2. The van der Waals surface area contributed by atoms with Gasteiger partial charge in [0, 0.05) is 0 Å². The van der Waals surface area contributed by atoms with Crippen LogP contribution >= 0.6 is 0 Å². The molecule has 0 bridgehead atoms. The predicted octanol–water partition coefficient (Wildman–Crippen LogP) is 0.410. The maximum Gasteiger partial charge on any atom is 0.320 e. The predicted molar refractivity (Wildman–Crippen MR) is 33.6 cm³/mol. The third kappa shape index (κ3) is 1.65. The molecule has 0 aromatic rings. The summed E-state index contributed by atoms with van der Waals surface area (Å²) in [7, 11) is 0. The van der Waals surface area contributed by atoms with E-state index in [1.165, 1.54) is 11.8 Å². The molecule has 1 rings (SSSR count). The average molecular weight is 165 g/mol. The number of aliphatic carboxylic acids is 1. The van der Waals surface area contributed by atoms with Gasteiger partial charge in [-0.25, -0.2) is 8.78 Å². The fourth-order valence-electron chi connectivity index (χ4n) is 0.978. The third-order valence-corrected chi connectivity index (χ3v) is 1.77. The lowest BCUT2D eigenvalue weighted by molar-refractivity contribution is -0.166. The number of nitrogens with zero attached hydrogens (tertiary/aromatic N) is 1. The maximum absolute atomic E-state index is 12.2. The molecule has 1 aliphatic rings. The lowest BCUT2D eigenvalue weighted by Gasteiger charge is -2.40. The second kappa shape index (κ2) is 2.41. The van der Waals surface area contributed by atoms with Gasteiger partial charge in [-0.15, -0.1) is 0 Å². The molecule has 0 aromatic heterocycles. The highest BCUT2D eigenvalue weighted by Gasteiger charge is 2.47. The molecule has 0 spiro atoms. The van der Waals surface area contributed by atoms with Crippen molar-refractivity contribution in [3.63, 3.8) is 0 Å². The van der Waals surface area contributed by atoms with Crippen molar-refractivity contribution in [2.45, 2.75) is 18.9 Å². The highest BCUT2D eigenvalue weighted by Crippen LogP contribution is 2.28. The Morgan fingerprint density at radius 3 is 2.36 bits per heavy atom. The zero-order valence-corrected chi connectivity index (χ0v) is 6.05. The molecule has 64 valence electrons. The standard InChI is InChI=1S/C6H9F2NO2/c1-4(5(10)11)9-2-6(7,8)3-9/h4H,2-3H2,1H3,(H,10,11)/t4-/m0/s1. The second-order valence-electron chi connectivity index (χ2n) is 2.78. The second-order valence-corrected chi connectivity index (χ2v) is 2.78. The minimum Gasteiger partial charge on any atom is -0.480 e. The van der Waals surface area contributed by atoms with Gasteiger partial charge in [-0.05, 0) is 6.92 Å². The molecule has 1 heterocycles. The Balaban J connectivity index is 2.38. The van der Waals surface area contributed by atoms with Gasteiger partial charge in [0.1, 0.15) is 6.04 Å². The van der Waals surface area contributed by atoms with Crippen molar-refractivity contribution in [1.82, 2.24) is 4.90 Å². The molecule has 0 aromatic carbocycles. The summed E-state index contributed by atoms with van der Waals surface area (Å²) in [5.41, 5.74) is 0. The Kier molecular flexibility index (Phi) is 1.83. The Hall–Kier alpha value is -0.710. The van der Waals surface area contributed by atoms with Crippen LogP contribution in [0.1, 0.15) is 6.92 Å². The van der Waals surface area contributed by atoms with Gasteiger partial charge >= 0.3 is 5.97 Å². The minimum absolute atomic E-state index is 0.430. The van der Waals surface area contributed by atoms with E-state index < -0.39 is 31.0 Å². The summed E-state index contributed by atoms with van der Waals surface area (Å²) in [6, 6.07) is -0.797. The molecule has 0 saturated carbocycles. The number of likely N-dealkylation sites (tertiary alicyclic amines) is 1. The molecule has 0 aliphatic carbocycles. The molecule has 1 saturated heterocycles. The summed E-state index contributed by atoms with van der Waals surface area (Å²) >= 11 is 0. The molecule has 11 heavy (non-hydrogen) atoms. The summed E-state index contributed by atoms with van der Waals surface area (Å²) in [5, 5.41) is 8.40. The van der Waals surface area contributed by atoms with Crippen LogP contribution in [-0.2, 0) is 4.79 Å². The number of hydrogen-bond donors (Lipinski definition) is 1. The quantitative estimate of drug-likeness (QED) is 0.644. The zero-order chi connectivity index (χ0) is 8.65. The number of carboxylic acids is 1. The van der Waals surface area contributed by atoms with Crippen molar-refractivity contribution in [1.29, 1.82) is 0 Å². The van der Waals surface area contributed by atoms with Gasteiger partial charge < -0.3 is 5.11 Å². The molecule has 0 unspecified atom stereocenters. The molecule has 1 aliphatic heterocycles. The number of carboxylic acid groups (broad SMARTS) is 1. The van der Waals surface area contributed by atoms with Crippen molar-refractivity contribution >= 4 is 5.97 Å². The first-order valence-corrected chi connectivity index (χ1v) is 3.27. The van der Waals surface area contributed by atoms with Gasteiger partial charge in [-0.2, -0.15) is 0 Å². The van der Waals surface area contributed by atoms with E-state index in [1.54, 1.807) is 0 Å². The molecule has 0 radical (unpaired) electrons. The van der Waals surface area contributed by atoms with E-state index in [9.17, 15) is 13.6 Å². The van der Waals surface area contributed by atoms with Crippen LogP contribution in [-0.4, -0.2) is 41.0 Å². The average Bonchev–Trinajstić information content (AvgIpc) is 1.80. The minimum atomic E-state index is -2.68. The van der Waals surface area contributed by atoms with Crippen molar-refractivity contribution in [2.24, 2.45) is 0 Å². The summed E-state index contributed by atoms with van der Waals surface area (Å²) in [5.74, 6) is -3.73. The summed E-state index contributed by atoms with van der Waals surface area (Å²) in [6.07, 6.45) is 0. The van der Waals surface area contributed by atoms with Crippen LogP contribution in [0, 0.1) is 0 Å². The molecule has 1 N–H and O–H groups in total. The van der Waals surface area contributed by atoms with Gasteiger partial charge in [-0.3, -0.25) is 9.69 Å². The Morgan fingerprint density at radius 2 is 2.09 bits per heavy atom. The number of alkyl halides is 2. The Bertz CT molecular complexity index is 175. The van der Waals surface area contributed by atoms with Crippen LogP contribution in [0.15, 0.2) is 0 Å². The smallest absolute Gasteiger partial charge is 0.320 e. The summed E-state index contributed by atoms with van der Waals surface area (Å²) in [4.78, 5) is 11.5. The van der Waals surface area contributed by atoms with Crippen LogP contribution in [0.25, 0.3) is 0 Å². The number of carbonyl (C=O) groups is 1. The van der Waals surface area contributed by atoms with Crippen molar-refractivity contribution in [3.8, 4) is 0 Å². The number of halogens is 2. The lowest BCUT2D eigenvalue weighted by Crippen LogP contribution is -2.60. The summed E-state index contributed by atoms with van der Waals surface area (Å²) in [6.45, 7) is 0.540. The van der Waals surface area contributed by atoms with E-state index in [0.29, 0.717) is 0 Å². The van der Waals surface area contributed by atoms with Gasteiger partial charge in [0.15, 0.2) is 0 Å². The fourth-order valence-corrected chi connectivity index (χ4v) is 0.978. The highest BCUT2D eigenvalue weighted by atomic mass is 19.3. The largest absolute Gasteiger partial charge is 0.480 e.